The average molecular weight is 460 g/mol. The molecule has 0 bridgehead atoms. The van der Waals surface area contributed by atoms with E-state index in [-0.39, 0.29) is 11.6 Å². The van der Waals surface area contributed by atoms with Crippen LogP contribution in [0.4, 0.5) is 4.39 Å². The second-order valence-electron chi connectivity index (χ2n) is 10.1. The van der Waals surface area contributed by atoms with Gasteiger partial charge in [-0.15, -0.1) is 0 Å². The van der Waals surface area contributed by atoms with Gasteiger partial charge < -0.3 is 9.16 Å². The smallest absolute Gasteiger partial charge is 0.192 e. The fraction of sp³-hybridized carbons (Fsp3) is 0.538. The summed E-state index contributed by atoms with van der Waals surface area (Å²) in [7, 11) is -2.16. The quantitative estimate of drug-likeness (QED) is 0.404. The van der Waals surface area contributed by atoms with Crippen molar-refractivity contribution in [2.45, 2.75) is 76.8 Å². The van der Waals surface area contributed by atoms with Gasteiger partial charge in [-0.05, 0) is 36.2 Å². The van der Waals surface area contributed by atoms with E-state index in [4.69, 9.17) is 14.0 Å². The van der Waals surface area contributed by atoms with Gasteiger partial charge >= 0.3 is 0 Å². The van der Waals surface area contributed by atoms with Crippen molar-refractivity contribution in [1.82, 2.24) is 5.06 Å². The maximum absolute atomic E-state index is 17.2. The van der Waals surface area contributed by atoms with E-state index in [1.807, 2.05) is 67.6 Å². The van der Waals surface area contributed by atoms with Crippen molar-refractivity contribution in [3.8, 4) is 0 Å². The van der Waals surface area contributed by atoms with Gasteiger partial charge in [0.25, 0.3) is 0 Å². The zero-order chi connectivity index (χ0) is 23.4. The summed E-state index contributed by atoms with van der Waals surface area (Å²) in [5.41, 5.74) is -0.0601. The number of ether oxygens (including phenoxy) is 1. The van der Waals surface area contributed by atoms with Crippen LogP contribution in [0, 0.1) is 0 Å². The van der Waals surface area contributed by atoms with Crippen molar-refractivity contribution >= 4 is 8.32 Å². The summed E-state index contributed by atoms with van der Waals surface area (Å²) >= 11 is 0. The average Bonchev–Trinajstić information content (AvgIpc) is 3.16. The number of hydrogen-bond donors (Lipinski definition) is 0. The van der Waals surface area contributed by atoms with Gasteiger partial charge in [-0.1, -0.05) is 81.4 Å². The Morgan fingerprint density at radius 3 is 2.19 bits per heavy atom. The maximum atomic E-state index is 17.2. The zero-order valence-electron chi connectivity index (χ0n) is 20.3. The first-order chi connectivity index (χ1) is 15.1. The molecule has 2 aromatic carbocycles. The molecule has 1 heterocycles. The number of hydrogen-bond acceptors (Lipinski definition) is 4. The van der Waals surface area contributed by atoms with E-state index in [1.54, 1.807) is 5.06 Å². The highest BCUT2D eigenvalue weighted by atomic mass is 28.4. The minimum Gasteiger partial charge on any atom is -0.413 e. The molecule has 0 spiro atoms. The van der Waals surface area contributed by atoms with Crippen LogP contribution in [0.2, 0.25) is 18.1 Å². The Balaban J connectivity index is 1.95. The van der Waals surface area contributed by atoms with Crippen LogP contribution >= 0.6 is 0 Å². The molecule has 6 heteroatoms. The van der Waals surface area contributed by atoms with Gasteiger partial charge in [0.15, 0.2) is 20.3 Å². The minimum atomic E-state index is -2.16. The summed E-state index contributed by atoms with van der Waals surface area (Å²) in [6.07, 6.45) is -0.0344. The van der Waals surface area contributed by atoms with E-state index in [9.17, 15) is 0 Å². The van der Waals surface area contributed by atoms with Crippen LogP contribution in [0.3, 0.4) is 0 Å². The number of rotatable bonds is 9. The van der Waals surface area contributed by atoms with Gasteiger partial charge in [0, 0.05) is 19.6 Å². The molecule has 0 aliphatic carbocycles. The Bertz CT molecular complexity index is 843. The third kappa shape index (κ3) is 5.67. The lowest BCUT2D eigenvalue weighted by Crippen LogP contribution is -2.51. The zero-order valence-corrected chi connectivity index (χ0v) is 21.3. The van der Waals surface area contributed by atoms with E-state index >= 15 is 4.39 Å². The summed E-state index contributed by atoms with van der Waals surface area (Å²) in [6, 6.07) is 18.9. The highest BCUT2D eigenvalue weighted by Crippen LogP contribution is 2.43. The van der Waals surface area contributed by atoms with Crippen molar-refractivity contribution in [3.05, 3.63) is 71.8 Å². The Morgan fingerprint density at radius 2 is 1.62 bits per heavy atom. The van der Waals surface area contributed by atoms with Crippen LogP contribution in [-0.4, -0.2) is 38.9 Å². The van der Waals surface area contributed by atoms with Crippen molar-refractivity contribution in [3.63, 3.8) is 0 Å². The molecule has 0 N–H and O–H groups in total. The van der Waals surface area contributed by atoms with Crippen molar-refractivity contribution in [2.75, 3.05) is 13.2 Å². The predicted octanol–water partition coefficient (Wildman–Crippen LogP) is 6.44. The summed E-state index contributed by atoms with van der Waals surface area (Å²) in [6.45, 7) is 13.8. The van der Waals surface area contributed by atoms with Gasteiger partial charge in [0.2, 0.25) is 0 Å². The molecule has 3 atom stereocenters. The first-order valence-electron chi connectivity index (χ1n) is 11.5. The Hall–Kier alpha value is -1.57. The lowest BCUT2D eigenvalue weighted by molar-refractivity contribution is -0.252. The first kappa shape index (κ1) is 25.1. The summed E-state index contributed by atoms with van der Waals surface area (Å²) in [4.78, 5) is 6.11. The van der Waals surface area contributed by atoms with Gasteiger partial charge in [0.05, 0.1) is 12.6 Å². The normalized spacial score (nSPS) is 22.1. The second-order valence-corrected chi connectivity index (χ2v) is 14.9. The number of benzene rings is 2. The van der Waals surface area contributed by atoms with Crippen LogP contribution < -0.4 is 0 Å². The third-order valence-electron chi connectivity index (χ3n) is 6.78. The van der Waals surface area contributed by atoms with Gasteiger partial charge in [-0.2, -0.15) is 5.06 Å². The summed E-state index contributed by atoms with van der Waals surface area (Å²) < 4.78 is 29.5. The van der Waals surface area contributed by atoms with Crippen molar-refractivity contribution in [2.24, 2.45) is 0 Å². The summed E-state index contributed by atoms with van der Waals surface area (Å²) in [5.74, 6) is 0. The monoisotopic (exact) mass is 459 g/mol. The highest BCUT2D eigenvalue weighted by molar-refractivity contribution is 6.74. The van der Waals surface area contributed by atoms with E-state index < -0.39 is 26.3 Å². The standard InChI is InChI=1S/C26H38FNO3Si/c1-7-29-24-18-23(28(31-24)19-21-14-10-8-11-15-21)26(27,22-16-12-9-13-17-22)20-30-32(5,6)25(2,3)4/h8-17,23-24H,7,18-20H2,1-6H3/t23-,24?,26-/m1/s1. The largest absolute Gasteiger partial charge is 0.413 e. The molecular formula is C26H38FNO3Si. The van der Waals surface area contributed by atoms with E-state index in [1.165, 1.54) is 0 Å². The molecule has 32 heavy (non-hydrogen) atoms. The Morgan fingerprint density at radius 1 is 1.03 bits per heavy atom. The fourth-order valence-corrected chi connectivity index (χ4v) is 4.77. The molecular weight excluding hydrogens is 421 g/mol. The number of nitrogens with zero attached hydrogens (tertiary/aromatic N) is 1. The Kier molecular flexibility index (Phi) is 7.94. The molecule has 1 fully saturated rings. The highest BCUT2D eigenvalue weighted by Gasteiger charge is 2.52. The Labute approximate surface area is 193 Å². The van der Waals surface area contributed by atoms with E-state index in [0.717, 1.165) is 5.56 Å². The van der Waals surface area contributed by atoms with Crippen LogP contribution in [0.5, 0.6) is 0 Å². The van der Waals surface area contributed by atoms with Gasteiger partial charge in [-0.25, -0.2) is 4.39 Å². The lowest BCUT2D eigenvalue weighted by atomic mass is 9.86. The number of hydroxylamine groups is 2. The van der Waals surface area contributed by atoms with Crippen LogP contribution in [0.1, 0.15) is 45.2 Å². The molecule has 1 aliphatic rings. The molecule has 3 rings (SSSR count). The van der Waals surface area contributed by atoms with Crippen molar-refractivity contribution in [1.29, 1.82) is 0 Å². The SMILES string of the molecule is CCOC1C[C@H]([C@@](F)(CO[Si](C)(C)C(C)(C)C)c2ccccc2)N(Cc2ccccc2)O1. The van der Waals surface area contributed by atoms with E-state index in [2.05, 4.69) is 33.9 Å². The number of halogens is 1. The molecule has 4 nitrogen and oxygen atoms in total. The predicted molar refractivity (Wildman–Crippen MR) is 129 cm³/mol. The van der Waals surface area contributed by atoms with Crippen molar-refractivity contribution < 1.29 is 18.4 Å². The number of alkyl halides is 1. The van der Waals surface area contributed by atoms with Crippen LogP contribution in [0.15, 0.2) is 60.7 Å². The summed E-state index contributed by atoms with van der Waals surface area (Å²) in [5, 5.41) is 1.76. The molecule has 1 unspecified atom stereocenters. The second kappa shape index (κ2) is 10.1. The lowest BCUT2D eigenvalue weighted by Gasteiger charge is -2.41. The maximum Gasteiger partial charge on any atom is 0.192 e. The molecule has 0 amide bonds. The fourth-order valence-electron chi connectivity index (χ4n) is 3.77. The minimum absolute atomic E-state index is 0.00560. The first-order valence-corrected chi connectivity index (χ1v) is 14.4. The van der Waals surface area contributed by atoms with Gasteiger partial charge in [-0.3, -0.25) is 4.84 Å². The third-order valence-corrected chi connectivity index (χ3v) is 11.3. The van der Waals surface area contributed by atoms with Gasteiger partial charge in [0.1, 0.15) is 0 Å². The van der Waals surface area contributed by atoms with Crippen LogP contribution in [0.25, 0.3) is 0 Å². The molecule has 2 aromatic rings. The van der Waals surface area contributed by atoms with Crippen LogP contribution in [-0.2, 0) is 26.2 Å². The molecule has 176 valence electrons. The molecule has 0 saturated carbocycles. The molecule has 1 saturated heterocycles. The molecule has 0 radical (unpaired) electrons. The molecule has 0 aromatic heterocycles. The molecule has 1 aliphatic heterocycles. The van der Waals surface area contributed by atoms with E-state index in [0.29, 0.717) is 25.1 Å². The topological polar surface area (TPSA) is 30.9 Å².